The molecule has 0 bridgehead atoms. The summed E-state index contributed by atoms with van der Waals surface area (Å²) in [5.41, 5.74) is 1.85. The molecule has 1 aliphatic heterocycles. The molecular weight excluding hydrogens is 371 g/mol. The third-order valence-electron chi connectivity index (χ3n) is 5.42. The van der Waals surface area contributed by atoms with E-state index in [0.29, 0.717) is 0 Å². The van der Waals surface area contributed by atoms with E-state index in [1.165, 1.54) is 11.1 Å². The molecule has 1 aliphatic carbocycles. The molecule has 0 spiro atoms. The third-order valence-corrected chi connectivity index (χ3v) is 7.44. The highest BCUT2D eigenvalue weighted by atomic mass is 35.5. The van der Waals surface area contributed by atoms with Crippen LogP contribution in [0.15, 0.2) is 72.1 Å². The number of benzene rings is 2. The number of halogens is 2. The number of fused-ring (bicyclic) bond motifs is 2. The molecule has 0 N–H and O–H groups in total. The smallest absolute Gasteiger partial charge is 0.183 e. The van der Waals surface area contributed by atoms with Crippen LogP contribution in [0.25, 0.3) is 0 Å². The van der Waals surface area contributed by atoms with Crippen LogP contribution < -0.4 is 4.74 Å². The number of para-hydroxylation sites is 1. The Labute approximate surface area is 161 Å². The number of hydrogen-bond acceptors (Lipinski definition) is 2. The fourth-order valence-corrected chi connectivity index (χ4v) is 6.36. The fraction of sp³-hybridized carbons (Fsp3) is 0.238. The minimum Gasteiger partial charge on any atom is -0.478 e. The molecule has 1 aromatic heterocycles. The molecule has 2 aromatic carbocycles. The molecule has 1 saturated carbocycles. The molecule has 3 atom stereocenters. The molecule has 4 heteroatoms. The van der Waals surface area contributed by atoms with Gasteiger partial charge in [-0.25, -0.2) is 0 Å². The van der Waals surface area contributed by atoms with Crippen molar-refractivity contribution in [2.75, 3.05) is 0 Å². The zero-order valence-electron chi connectivity index (χ0n) is 13.4. The lowest BCUT2D eigenvalue weighted by Gasteiger charge is -2.30. The molecule has 0 amide bonds. The molecule has 0 radical (unpaired) electrons. The summed E-state index contributed by atoms with van der Waals surface area (Å²) >= 11 is 15.4. The van der Waals surface area contributed by atoms with Crippen molar-refractivity contribution in [2.24, 2.45) is 5.92 Å². The molecule has 5 rings (SSSR count). The highest BCUT2D eigenvalue weighted by Crippen LogP contribution is 2.77. The van der Waals surface area contributed by atoms with E-state index in [0.717, 1.165) is 17.0 Å². The summed E-state index contributed by atoms with van der Waals surface area (Å²) in [6.07, 6.45) is 0.903. The van der Waals surface area contributed by atoms with Gasteiger partial charge in [-0.05, 0) is 35.1 Å². The van der Waals surface area contributed by atoms with Crippen LogP contribution in [0.5, 0.6) is 5.75 Å². The molecule has 0 saturated heterocycles. The van der Waals surface area contributed by atoms with Crippen LogP contribution in [-0.2, 0) is 12.0 Å². The second-order valence-corrected chi connectivity index (χ2v) is 9.08. The van der Waals surface area contributed by atoms with Crippen LogP contribution in [0.3, 0.4) is 0 Å². The highest BCUT2D eigenvalue weighted by molar-refractivity contribution is 7.10. The topological polar surface area (TPSA) is 9.23 Å². The zero-order chi connectivity index (χ0) is 17.1. The quantitative estimate of drug-likeness (QED) is 0.489. The third kappa shape index (κ3) is 2.14. The van der Waals surface area contributed by atoms with Gasteiger partial charge in [0.1, 0.15) is 5.75 Å². The van der Waals surface area contributed by atoms with Crippen LogP contribution in [0, 0.1) is 5.92 Å². The summed E-state index contributed by atoms with van der Waals surface area (Å²) in [6.45, 7) is 0. The Kier molecular flexibility index (Phi) is 3.47. The number of thiophene rings is 1. The minimum atomic E-state index is -0.920. The van der Waals surface area contributed by atoms with Gasteiger partial charge in [0.15, 0.2) is 9.93 Å². The summed E-state index contributed by atoms with van der Waals surface area (Å²) in [5.74, 6) is 1.16. The molecule has 3 aromatic rings. The summed E-state index contributed by atoms with van der Waals surface area (Å²) < 4.78 is 5.55. The van der Waals surface area contributed by atoms with Crippen LogP contribution in [0.2, 0.25) is 0 Å². The maximum absolute atomic E-state index is 6.86. The molecule has 2 aliphatic rings. The van der Waals surface area contributed by atoms with Gasteiger partial charge in [-0.3, -0.25) is 0 Å². The Morgan fingerprint density at radius 3 is 2.44 bits per heavy atom. The van der Waals surface area contributed by atoms with Gasteiger partial charge in [0.05, 0.1) is 10.8 Å². The van der Waals surface area contributed by atoms with Crippen LogP contribution >= 0.6 is 34.5 Å². The lowest BCUT2D eigenvalue weighted by atomic mass is 9.84. The number of ether oxygens (including phenoxy) is 1. The van der Waals surface area contributed by atoms with Crippen molar-refractivity contribution >= 4 is 34.5 Å². The van der Waals surface area contributed by atoms with Crippen molar-refractivity contribution in [1.82, 2.24) is 0 Å². The first kappa shape index (κ1) is 15.7. The lowest BCUT2D eigenvalue weighted by Crippen LogP contribution is -2.28. The average molecular weight is 387 g/mol. The number of rotatable bonds is 3. The van der Waals surface area contributed by atoms with Gasteiger partial charge >= 0.3 is 0 Å². The van der Waals surface area contributed by atoms with Gasteiger partial charge < -0.3 is 4.74 Å². The van der Waals surface area contributed by atoms with E-state index in [9.17, 15) is 0 Å². The van der Waals surface area contributed by atoms with Gasteiger partial charge in [0, 0.05) is 5.92 Å². The van der Waals surface area contributed by atoms with Gasteiger partial charge in [-0.15, -0.1) is 11.3 Å². The summed E-state index contributed by atoms with van der Waals surface area (Å²) in [6, 6.07) is 22.9. The Balaban J connectivity index is 1.64. The standard InChI is InChI=1S/C21H16Cl2OS/c22-21(23)19-16(13-14-7-2-1-3-8-14)15-9-4-5-10-17(15)24-20(19,21)18-11-6-12-25-18/h1-12,16,19H,13H2/t16-,19-,20+/m1/s1. The van der Waals surface area contributed by atoms with Gasteiger partial charge in [-0.1, -0.05) is 77.8 Å². The first-order valence-corrected chi connectivity index (χ1v) is 10.0. The van der Waals surface area contributed by atoms with Crippen molar-refractivity contribution in [3.05, 3.63) is 88.1 Å². The van der Waals surface area contributed by atoms with E-state index >= 15 is 0 Å². The van der Waals surface area contributed by atoms with E-state index in [4.69, 9.17) is 27.9 Å². The summed E-state index contributed by atoms with van der Waals surface area (Å²) in [7, 11) is 0. The average Bonchev–Trinajstić information content (AvgIpc) is 2.99. The van der Waals surface area contributed by atoms with Crippen molar-refractivity contribution < 1.29 is 4.74 Å². The van der Waals surface area contributed by atoms with E-state index in [2.05, 4.69) is 47.8 Å². The Hall–Kier alpha value is -1.48. The zero-order valence-corrected chi connectivity index (χ0v) is 15.7. The molecule has 2 heterocycles. The van der Waals surface area contributed by atoms with Gasteiger partial charge in [0.2, 0.25) is 0 Å². The second kappa shape index (κ2) is 5.51. The van der Waals surface area contributed by atoms with Crippen LogP contribution in [0.1, 0.15) is 21.9 Å². The van der Waals surface area contributed by atoms with E-state index in [1.807, 2.05) is 24.3 Å². The monoisotopic (exact) mass is 386 g/mol. The molecule has 126 valence electrons. The largest absolute Gasteiger partial charge is 0.478 e. The van der Waals surface area contributed by atoms with Crippen molar-refractivity contribution in [2.45, 2.75) is 22.3 Å². The first-order valence-electron chi connectivity index (χ1n) is 8.38. The van der Waals surface area contributed by atoms with Gasteiger partial charge in [-0.2, -0.15) is 0 Å². The van der Waals surface area contributed by atoms with Crippen molar-refractivity contribution in [3.63, 3.8) is 0 Å². The van der Waals surface area contributed by atoms with Crippen LogP contribution in [0.4, 0.5) is 0 Å². The molecule has 1 fully saturated rings. The Bertz CT molecular complexity index is 907. The van der Waals surface area contributed by atoms with Crippen LogP contribution in [-0.4, -0.2) is 4.33 Å². The number of hydrogen-bond donors (Lipinski definition) is 0. The SMILES string of the molecule is ClC1(Cl)[C@@H]2[C@H](Cc3ccccc3)c3ccccc3O[C@@]21c1cccs1. The van der Waals surface area contributed by atoms with E-state index in [1.54, 1.807) is 11.3 Å². The lowest BCUT2D eigenvalue weighted by molar-refractivity contribution is 0.136. The molecule has 25 heavy (non-hydrogen) atoms. The predicted octanol–water partition coefficient (Wildman–Crippen LogP) is 6.17. The second-order valence-electron chi connectivity index (χ2n) is 6.75. The van der Waals surface area contributed by atoms with Crippen molar-refractivity contribution in [3.8, 4) is 5.75 Å². The summed E-state index contributed by atoms with van der Waals surface area (Å²) in [4.78, 5) is 1.11. The number of alkyl halides is 2. The Morgan fingerprint density at radius 1 is 0.920 bits per heavy atom. The normalized spacial score (nSPS) is 28.6. The fourth-order valence-electron chi connectivity index (χ4n) is 4.26. The first-order chi connectivity index (χ1) is 12.1. The predicted molar refractivity (Wildman–Crippen MR) is 104 cm³/mol. The van der Waals surface area contributed by atoms with Crippen molar-refractivity contribution in [1.29, 1.82) is 0 Å². The maximum Gasteiger partial charge on any atom is 0.183 e. The Morgan fingerprint density at radius 2 is 1.68 bits per heavy atom. The maximum atomic E-state index is 6.86. The molecular formula is C21H16Cl2OS. The van der Waals surface area contributed by atoms with E-state index in [-0.39, 0.29) is 11.8 Å². The molecule has 1 nitrogen and oxygen atoms in total. The summed E-state index contributed by atoms with van der Waals surface area (Å²) in [5, 5.41) is 2.05. The molecule has 0 unspecified atom stereocenters. The minimum absolute atomic E-state index is 0.0390. The highest BCUT2D eigenvalue weighted by Gasteiger charge is 2.83. The van der Waals surface area contributed by atoms with E-state index < -0.39 is 9.93 Å². The van der Waals surface area contributed by atoms with Gasteiger partial charge in [0.25, 0.3) is 0 Å².